The molecule has 0 saturated heterocycles. The van der Waals surface area contributed by atoms with E-state index >= 15 is 0 Å². The van der Waals surface area contributed by atoms with Gasteiger partial charge in [0.1, 0.15) is 4.21 Å². The fraction of sp³-hybridized carbons (Fsp3) is 0.267. The first-order chi connectivity index (χ1) is 10.8. The highest BCUT2D eigenvalue weighted by Crippen LogP contribution is 2.20. The van der Waals surface area contributed by atoms with Gasteiger partial charge in [-0.1, -0.05) is 35.9 Å². The summed E-state index contributed by atoms with van der Waals surface area (Å²) < 4.78 is 25.9. The number of hydrogen-bond acceptors (Lipinski definition) is 4. The van der Waals surface area contributed by atoms with E-state index in [4.69, 9.17) is 11.6 Å². The fourth-order valence-electron chi connectivity index (χ4n) is 1.93. The molecular formula is C15H17ClN2O3S2. The van der Waals surface area contributed by atoms with E-state index in [2.05, 4.69) is 0 Å². The Balaban J connectivity index is 2.02. The van der Waals surface area contributed by atoms with Crippen LogP contribution in [0.25, 0.3) is 0 Å². The first kappa shape index (κ1) is 17.9. The van der Waals surface area contributed by atoms with Crippen molar-refractivity contribution in [3.63, 3.8) is 0 Å². The molecule has 23 heavy (non-hydrogen) atoms. The topological polar surface area (TPSA) is 57.7 Å². The zero-order chi connectivity index (χ0) is 17.0. The summed E-state index contributed by atoms with van der Waals surface area (Å²) >= 11 is 7.20. The van der Waals surface area contributed by atoms with Crippen LogP contribution in [0.2, 0.25) is 5.02 Å². The van der Waals surface area contributed by atoms with Crippen molar-refractivity contribution in [1.82, 2.24) is 9.21 Å². The summed E-state index contributed by atoms with van der Waals surface area (Å²) in [5.74, 6) is -0.299. The Labute approximate surface area is 145 Å². The van der Waals surface area contributed by atoms with Crippen molar-refractivity contribution < 1.29 is 13.2 Å². The van der Waals surface area contributed by atoms with Gasteiger partial charge in [0.15, 0.2) is 0 Å². The van der Waals surface area contributed by atoms with E-state index in [1.54, 1.807) is 24.6 Å². The molecule has 0 aliphatic heterocycles. The van der Waals surface area contributed by atoms with E-state index in [0.29, 0.717) is 11.6 Å². The highest BCUT2D eigenvalue weighted by molar-refractivity contribution is 7.91. The Hall–Kier alpha value is -1.41. The first-order valence-electron chi connectivity index (χ1n) is 6.79. The van der Waals surface area contributed by atoms with Gasteiger partial charge in [-0.15, -0.1) is 11.3 Å². The van der Waals surface area contributed by atoms with Crippen LogP contribution in [-0.4, -0.2) is 44.2 Å². The third-order valence-corrected chi connectivity index (χ3v) is 6.85. The van der Waals surface area contributed by atoms with Gasteiger partial charge in [-0.05, 0) is 23.1 Å². The Morgan fingerprint density at radius 3 is 2.48 bits per heavy atom. The lowest BCUT2D eigenvalue weighted by Gasteiger charge is -2.22. The van der Waals surface area contributed by atoms with Crippen LogP contribution in [0, 0.1) is 0 Å². The molecule has 124 valence electrons. The number of thiophene rings is 1. The number of halogens is 1. The maximum atomic E-state index is 12.3. The van der Waals surface area contributed by atoms with Gasteiger partial charge >= 0.3 is 0 Å². The molecule has 0 aliphatic carbocycles. The molecule has 0 bridgehead atoms. The average molecular weight is 373 g/mol. The number of likely N-dealkylation sites (N-methyl/N-ethyl adjacent to an activating group) is 2. The molecule has 0 N–H and O–H groups in total. The lowest BCUT2D eigenvalue weighted by molar-refractivity contribution is -0.130. The van der Waals surface area contributed by atoms with E-state index in [-0.39, 0.29) is 16.7 Å². The summed E-state index contributed by atoms with van der Waals surface area (Å²) in [5, 5.41) is 2.26. The maximum absolute atomic E-state index is 12.3. The molecule has 1 aromatic carbocycles. The molecular weight excluding hydrogens is 356 g/mol. The van der Waals surface area contributed by atoms with Crippen molar-refractivity contribution >= 4 is 38.9 Å². The molecule has 2 rings (SSSR count). The Kier molecular flexibility index (Phi) is 5.80. The number of carbonyl (C=O) groups excluding carboxylic acids is 1. The molecule has 0 unspecified atom stereocenters. The summed E-state index contributed by atoms with van der Waals surface area (Å²) in [6, 6.07) is 10.4. The Bertz CT molecular complexity index is 776. The number of sulfonamides is 1. The zero-order valence-corrected chi connectivity index (χ0v) is 15.2. The minimum absolute atomic E-state index is 0.221. The predicted molar refractivity (Wildman–Crippen MR) is 92.1 cm³/mol. The zero-order valence-electron chi connectivity index (χ0n) is 12.8. The van der Waals surface area contributed by atoms with Crippen LogP contribution in [0.1, 0.15) is 5.56 Å². The number of rotatable bonds is 6. The number of hydrogen-bond donors (Lipinski definition) is 0. The van der Waals surface area contributed by atoms with Crippen molar-refractivity contribution in [2.24, 2.45) is 0 Å². The molecule has 0 spiro atoms. The molecule has 1 aromatic heterocycles. The standard InChI is InChI=1S/C15H17ClN2O3S2/c1-17(10-12-6-3-4-7-13(12)16)14(19)11-18(2)23(20,21)15-8-5-9-22-15/h3-9H,10-11H2,1-2H3. The van der Waals surface area contributed by atoms with Crippen molar-refractivity contribution in [3.05, 3.63) is 52.4 Å². The quantitative estimate of drug-likeness (QED) is 0.783. The van der Waals surface area contributed by atoms with Gasteiger partial charge in [-0.25, -0.2) is 8.42 Å². The molecule has 0 aliphatic rings. The third kappa shape index (κ3) is 4.32. The minimum atomic E-state index is -3.63. The summed E-state index contributed by atoms with van der Waals surface area (Å²) in [7, 11) is -0.606. The van der Waals surface area contributed by atoms with E-state index in [0.717, 1.165) is 21.2 Å². The van der Waals surface area contributed by atoms with Crippen LogP contribution < -0.4 is 0 Å². The molecule has 5 nitrogen and oxygen atoms in total. The van der Waals surface area contributed by atoms with E-state index in [9.17, 15) is 13.2 Å². The van der Waals surface area contributed by atoms with Crippen molar-refractivity contribution in [3.8, 4) is 0 Å². The molecule has 1 amide bonds. The largest absolute Gasteiger partial charge is 0.340 e. The Morgan fingerprint density at radius 1 is 1.17 bits per heavy atom. The van der Waals surface area contributed by atoms with Gasteiger partial charge in [-0.2, -0.15) is 4.31 Å². The van der Waals surface area contributed by atoms with E-state index in [1.807, 2.05) is 18.2 Å². The SMILES string of the molecule is CN(Cc1ccccc1Cl)C(=O)CN(C)S(=O)(=O)c1cccs1. The molecule has 0 saturated carbocycles. The van der Waals surface area contributed by atoms with Gasteiger partial charge in [0.2, 0.25) is 5.91 Å². The van der Waals surface area contributed by atoms with Gasteiger partial charge in [0.05, 0.1) is 6.54 Å². The molecule has 0 fully saturated rings. The number of benzene rings is 1. The van der Waals surface area contributed by atoms with Crippen molar-refractivity contribution in [2.45, 2.75) is 10.8 Å². The lowest BCUT2D eigenvalue weighted by Crippen LogP contribution is -2.38. The average Bonchev–Trinajstić information content (AvgIpc) is 3.04. The second-order valence-electron chi connectivity index (χ2n) is 5.03. The second kappa shape index (κ2) is 7.44. The van der Waals surface area contributed by atoms with Gasteiger partial charge in [-0.3, -0.25) is 4.79 Å². The number of amides is 1. The van der Waals surface area contributed by atoms with Crippen LogP contribution in [0.15, 0.2) is 46.0 Å². The van der Waals surface area contributed by atoms with Crippen LogP contribution in [0.4, 0.5) is 0 Å². The van der Waals surface area contributed by atoms with E-state index in [1.165, 1.54) is 18.0 Å². The fourth-order valence-corrected chi connectivity index (χ4v) is 4.45. The second-order valence-corrected chi connectivity index (χ2v) is 8.66. The normalized spacial score (nSPS) is 11.7. The monoisotopic (exact) mass is 372 g/mol. The van der Waals surface area contributed by atoms with Gasteiger partial charge < -0.3 is 4.90 Å². The van der Waals surface area contributed by atoms with Crippen LogP contribution in [0.5, 0.6) is 0 Å². The molecule has 1 heterocycles. The van der Waals surface area contributed by atoms with Crippen LogP contribution >= 0.6 is 22.9 Å². The highest BCUT2D eigenvalue weighted by atomic mass is 35.5. The van der Waals surface area contributed by atoms with Gasteiger partial charge in [0, 0.05) is 25.7 Å². The highest BCUT2D eigenvalue weighted by Gasteiger charge is 2.25. The summed E-state index contributed by atoms with van der Waals surface area (Å²) in [4.78, 5) is 13.7. The number of nitrogens with zero attached hydrogens (tertiary/aromatic N) is 2. The molecule has 0 radical (unpaired) electrons. The summed E-state index contributed by atoms with van der Waals surface area (Å²) in [6.07, 6.45) is 0. The lowest BCUT2D eigenvalue weighted by atomic mass is 10.2. The molecule has 2 aromatic rings. The number of carbonyl (C=O) groups is 1. The molecule has 0 atom stereocenters. The van der Waals surface area contributed by atoms with Crippen LogP contribution in [0.3, 0.4) is 0 Å². The smallest absolute Gasteiger partial charge is 0.252 e. The van der Waals surface area contributed by atoms with Crippen molar-refractivity contribution in [2.75, 3.05) is 20.6 Å². The minimum Gasteiger partial charge on any atom is -0.340 e. The first-order valence-corrected chi connectivity index (χ1v) is 9.49. The molecule has 8 heteroatoms. The van der Waals surface area contributed by atoms with Gasteiger partial charge in [0.25, 0.3) is 10.0 Å². The van der Waals surface area contributed by atoms with Crippen molar-refractivity contribution in [1.29, 1.82) is 0 Å². The maximum Gasteiger partial charge on any atom is 0.252 e. The summed E-state index contributed by atoms with van der Waals surface area (Å²) in [6.45, 7) is 0.104. The predicted octanol–water partition coefficient (Wildman–Crippen LogP) is 2.68. The summed E-state index contributed by atoms with van der Waals surface area (Å²) in [5.41, 5.74) is 0.814. The Morgan fingerprint density at radius 2 is 1.87 bits per heavy atom. The third-order valence-electron chi connectivity index (χ3n) is 3.31. The van der Waals surface area contributed by atoms with E-state index < -0.39 is 10.0 Å². The van der Waals surface area contributed by atoms with Crippen LogP contribution in [-0.2, 0) is 21.4 Å².